The quantitative estimate of drug-likeness (QED) is 0.0240. The molecule has 3 atom stereocenters. The number of hydrogen-bond donors (Lipinski definition) is 8. The van der Waals surface area contributed by atoms with E-state index in [9.17, 15) is 29.1 Å². The molecule has 0 aromatic carbocycles. The molecule has 16 nitrogen and oxygen atoms in total. The average molecular weight is 875 g/mol. The Hall–Kier alpha value is -2.80. The number of nitrogens with two attached hydrogens (primary N) is 1. The van der Waals surface area contributed by atoms with Gasteiger partial charge < -0.3 is 51.1 Å². The molecule has 0 bridgehead atoms. The fourth-order valence-corrected chi connectivity index (χ4v) is 6.43. The Labute approximate surface area is 366 Å². The first kappa shape index (κ1) is 57.2. The number of thiol groups is 1. The Balaban J connectivity index is 3.65. The molecule has 17 heteroatoms. The Kier molecular flexibility index (Phi) is 40.9. The summed E-state index contributed by atoms with van der Waals surface area (Å²) in [6.07, 6.45) is 22.7. The second-order valence-corrected chi connectivity index (χ2v) is 15.5. The van der Waals surface area contributed by atoms with Gasteiger partial charge in [-0.25, -0.2) is 4.79 Å². The second kappa shape index (κ2) is 42.9. The van der Waals surface area contributed by atoms with E-state index in [1.54, 1.807) is 0 Å². The third-order valence-corrected chi connectivity index (χ3v) is 10.1. The summed E-state index contributed by atoms with van der Waals surface area (Å²) in [4.78, 5) is 59.3. The summed E-state index contributed by atoms with van der Waals surface area (Å²) in [7, 11) is 0. The van der Waals surface area contributed by atoms with Crippen LogP contribution < -0.4 is 31.7 Å². The number of carbonyl (C=O) groups excluding carboxylic acids is 4. The van der Waals surface area contributed by atoms with Crippen LogP contribution in [0.4, 0.5) is 0 Å². The van der Waals surface area contributed by atoms with Crippen LogP contribution in [0.2, 0.25) is 0 Å². The minimum absolute atomic E-state index is 0.00171. The Morgan fingerprint density at radius 1 is 0.617 bits per heavy atom. The van der Waals surface area contributed by atoms with Crippen molar-refractivity contribution in [1.29, 1.82) is 0 Å². The normalized spacial score (nSPS) is 12.7. The van der Waals surface area contributed by atoms with Gasteiger partial charge in [0.05, 0.1) is 52.3 Å². The number of unbranched alkanes of at least 4 members (excludes halogenated alkanes) is 15. The number of rotatable bonds is 46. The van der Waals surface area contributed by atoms with E-state index in [0.29, 0.717) is 39.4 Å². The summed E-state index contributed by atoms with van der Waals surface area (Å²) in [6, 6.07) is -1.36. The monoisotopic (exact) mass is 875 g/mol. The fourth-order valence-electron chi connectivity index (χ4n) is 6.18. The van der Waals surface area contributed by atoms with Crippen LogP contribution in [0.15, 0.2) is 12.7 Å². The molecule has 0 fully saturated rings. The van der Waals surface area contributed by atoms with E-state index in [4.69, 9.17) is 24.7 Å². The van der Waals surface area contributed by atoms with E-state index in [2.05, 4.69) is 45.4 Å². The molecule has 0 rings (SSSR count). The van der Waals surface area contributed by atoms with Crippen molar-refractivity contribution in [2.24, 2.45) is 5.73 Å². The van der Waals surface area contributed by atoms with Gasteiger partial charge in [-0.1, -0.05) is 102 Å². The van der Waals surface area contributed by atoms with Crippen molar-refractivity contribution < 1.29 is 48.0 Å². The number of allylic oxidation sites excluding steroid dienone is 1. The molecule has 0 spiro atoms. The first-order chi connectivity index (χ1) is 29.1. The molecular formula is C43H82N6O10S. The van der Waals surface area contributed by atoms with E-state index in [1.165, 1.54) is 64.2 Å². The number of carboxylic acid groups (broad SMARTS) is 1. The molecule has 8 N–H and O–H groups in total. The Morgan fingerprint density at radius 3 is 1.70 bits per heavy atom. The van der Waals surface area contributed by atoms with E-state index in [0.717, 1.165) is 51.5 Å². The minimum atomic E-state index is -1.16. The maximum Gasteiger partial charge on any atom is 0.326 e. The van der Waals surface area contributed by atoms with Crippen LogP contribution in [0.25, 0.3) is 0 Å². The molecule has 0 aromatic rings. The Bertz CT molecular complexity index is 1110. The number of carboxylic acids is 1. The van der Waals surface area contributed by atoms with E-state index < -0.39 is 24.0 Å². The second-order valence-electron chi connectivity index (χ2n) is 15.3. The van der Waals surface area contributed by atoms with Gasteiger partial charge in [0.2, 0.25) is 23.6 Å². The molecule has 0 aliphatic heterocycles. The third-order valence-electron chi connectivity index (χ3n) is 9.75. The van der Waals surface area contributed by atoms with Crippen molar-refractivity contribution in [3.05, 3.63) is 12.7 Å². The van der Waals surface area contributed by atoms with Crippen molar-refractivity contribution in [3.8, 4) is 0 Å². The SMILES string of the molecule is C=CCCCCCCCCCCCCCCCCC(=O)NC(CCC(=O)NCCOCCOCC(=O)NCCOCCOCC(C)NCCCCC(NS)C(N)=O)C(=O)O. The van der Waals surface area contributed by atoms with Crippen molar-refractivity contribution in [1.82, 2.24) is 26.0 Å². The maximum absolute atomic E-state index is 12.3. The molecule has 0 radical (unpaired) electrons. The van der Waals surface area contributed by atoms with Gasteiger partial charge in [0.25, 0.3) is 0 Å². The van der Waals surface area contributed by atoms with E-state index in [-0.39, 0.29) is 76.0 Å². The van der Waals surface area contributed by atoms with Gasteiger partial charge in [-0.3, -0.25) is 23.9 Å². The average Bonchev–Trinajstić information content (AvgIpc) is 3.22. The third kappa shape index (κ3) is 39.3. The highest BCUT2D eigenvalue weighted by Gasteiger charge is 2.21. The zero-order chi connectivity index (χ0) is 44.3. The van der Waals surface area contributed by atoms with Gasteiger partial charge in [-0.05, 0) is 52.0 Å². The van der Waals surface area contributed by atoms with Crippen LogP contribution in [-0.2, 0) is 42.9 Å². The van der Waals surface area contributed by atoms with Crippen LogP contribution >= 0.6 is 12.8 Å². The first-order valence-corrected chi connectivity index (χ1v) is 22.9. The summed E-state index contributed by atoms with van der Waals surface area (Å²) < 4.78 is 24.4. The number of primary amides is 1. The number of ether oxygens (including phenoxy) is 4. The molecular weight excluding hydrogens is 793 g/mol. The smallest absolute Gasteiger partial charge is 0.326 e. The highest BCUT2D eigenvalue weighted by molar-refractivity contribution is 7.78. The lowest BCUT2D eigenvalue weighted by atomic mass is 10.0. The van der Waals surface area contributed by atoms with Crippen LogP contribution in [-0.4, -0.2) is 125 Å². The van der Waals surface area contributed by atoms with Crippen molar-refractivity contribution in [3.63, 3.8) is 0 Å². The molecule has 4 amide bonds. The summed E-state index contributed by atoms with van der Waals surface area (Å²) in [5.41, 5.74) is 5.28. The topological polar surface area (TPSA) is 229 Å². The number of nitrogens with one attached hydrogen (secondary N) is 5. The largest absolute Gasteiger partial charge is 0.480 e. The lowest BCUT2D eigenvalue weighted by Crippen LogP contribution is -2.41. The van der Waals surface area contributed by atoms with Gasteiger partial charge in [0.1, 0.15) is 12.6 Å². The fraction of sp³-hybridized carbons (Fsp3) is 0.837. The number of carbonyl (C=O) groups is 5. The van der Waals surface area contributed by atoms with Crippen molar-refractivity contribution in [2.45, 2.75) is 160 Å². The van der Waals surface area contributed by atoms with Crippen LogP contribution in [0.1, 0.15) is 142 Å². The van der Waals surface area contributed by atoms with Gasteiger partial charge in [-0.2, -0.15) is 0 Å². The summed E-state index contributed by atoms with van der Waals surface area (Å²) in [5, 5.41) is 20.8. The molecule has 0 saturated carbocycles. The lowest BCUT2D eigenvalue weighted by Gasteiger charge is -2.15. The summed E-state index contributed by atoms with van der Waals surface area (Å²) in [5.74, 6) is -2.47. The molecule has 60 heavy (non-hydrogen) atoms. The number of amides is 4. The van der Waals surface area contributed by atoms with Gasteiger partial charge >= 0.3 is 5.97 Å². The highest BCUT2D eigenvalue weighted by Crippen LogP contribution is 2.14. The summed E-state index contributed by atoms with van der Waals surface area (Å²) >= 11 is 3.91. The van der Waals surface area contributed by atoms with Gasteiger partial charge in [-0.15, -0.1) is 6.58 Å². The molecule has 350 valence electrons. The molecule has 0 aromatic heterocycles. The van der Waals surface area contributed by atoms with E-state index >= 15 is 0 Å². The molecule has 0 aliphatic carbocycles. The van der Waals surface area contributed by atoms with Gasteiger partial charge in [0.15, 0.2) is 0 Å². The van der Waals surface area contributed by atoms with Crippen molar-refractivity contribution >= 4 is 42.4 Å². The number of aliphatic carboxylic acids is 1. The predicted octanol–water partition coefficient (Wildman–Crippen LogP) is 4.50. The first-order valence-electron chi connectivity index (χ1n) is 22.5. The van der Waals surface area contributed by atoms with Crippen LogP contribution in [0.3, 0.4) is 0 Å². The van der Waals surface area contributed by atoms with Crippen LogP contribution in [0.5, 0.6) is 0 Å². The zero-order valence-electron chi connectivity index (χ0n) is 36.8. The molecule has 0 saturated heterocycles. The molecule has 0 aliphatic rings. The predicted molar refractivity (Wildman–Crippen MR) is 239 cm³/mol. The summed E-state index contributed by atoms with van der Waals surface area (Å²) in [6.45, 7) is 9.43. The molecule has 3 unspecified atom stereocenters. The van der Waals surface area contributed by atoms with Crippen molar-refractivity contribution in [2.75, 3.05) is 72.5 Å². The standard InChI is InChI=1S/C43H82N6O10S/c1-3-4-5-6-7-8-9-10-11-12-13-14-15-16-17-18-22-40(51)48-38(43(54)55)23-24-39(50)46-26-28-56-31-33-59-35-41(52)47-27-29-57-30-32-58-34-36(2)45-25-20-19-21-37(49-60)42(44)53/h3,36-38,45,49,60H,1,4-35H2,2H3,(H2,44,53)(H,46,50)(H,47,52)(H,48,51)(H,54,55). The maximum atomic E-state index is 12.3. The van der Waals surface area contributed by atoms with Gasteiger partial charge in [0, 0.05) is 32.0 Å². The highest BCUT2D eigenvalue weighted by atomic mass is 32.1. The number of hydrogen-bond acceptors (Lipinski definition) is 12. The van der Waals surface area contributed by atoms with E-state index in [1.807, 2.05) is 13.0 Å². The Morgan fingerprint density at radius 2 is 1.15 bits per heavy atom. The van der Waals surface area contributed by atoms with Crippen LogP contribution in [0, 0.1) is 0 Å². The minimum Gasteiger partial charge on any atom is -0.480 e. The molecule has 0 heterocycles. The lowest BCUT2D eigenvalue weighted by molar-refractivity contribution is -0.142. The zero-order valence-corrected chi connectivity index (χ0v) is 37.7.